The lowest BCUT2D eigenvalue weighted by Crippen LogP contribution is -2.61. The lowest BCUT2D eigenvalue weighted by atomic mass is 9.99. The molecule has 0 radical (unpaired) electrons. The van der Waals surface area contributed by atoms with Crippen LogP contribution in [0.1, 0.15) is 109 Å². The van der Waals surface area contributed by atoms with Crippen LogP contribution in [0.15, 0.2) is 24.3 Å². The number of carbonyl (C=O) groups excluding carboxylic acids is 13. The lowest BCUT2D eigenvalue weighted by Gasteiger charge is -2.31. The van der Waals surface area contributed by atoms with Gasteiger partial charge in [-0.1, -0.05) is 26.0 Å². The van der Waals surface area contributed by atoms with Crippen molar-refractivity contribution in [3.8, 4) is 5.75 Å². The zero-order valence-electron chi connectivity index (χ0n) is 47.8. The highest BCUT2D eigenvalue weighted by Crippen LogP contribution is 2.37. The molecule has 10 atom stereocenters. The Bertz CT molecular complexity index is 2790. The first kappa shape index (κ1) is 70.9. The highest BCUT2D eigenvalue weighted by atomic mass is 31.2. The summed E-state index contributed by atoms with van der Waals surface area (Å²) < 4.78 is 16.2. The van der Waals surface area contributed by atoms with E-state index in [0.29, 0.717) is 19.4 Å². The summed E-state index contributed by atoms with van der Waals surface area (Å²) in [7, 11) is -5.05. The average Bonchev–Trinajstić information content (AvgIpc) is 2.78. The fourth-order valence-electron chi connectivity index (χ4n) is 9.95. The Hall–Kier alpha value is -8.62. The monoisotopic (exact) mass is 1250 g/mol. The summed E-state index contributed by atoms with van der Waals surface area (Å²) in [6, 6.07) is -9.97. The molecule has 0 aromatic heterocycles. The number of amides is 12. The normalized spacial score (nSPS) is 18.9. The van der Waals surface area contributed by atoms with Gasteiger partial charge in [0.2, 0.25) is 70.9 Å². The predicted octanol–water partition coefficient (Wildman–Crippen LogP) is -5.57. The van der Waals surface area contributed by atoms with Crippen molar-refractivity contribution >= 4 is 96.9 Å². The molecule has 3 saturated heterocycles. The van der Waals surface area contributed by atoms with E-state index >= 15 is 0 Å². The van der Waals surface area contributed by atoms with Crippen LogP contribution in [0.5, 0.6) is 5.75 Å². The summed E-state index contributed by atoms with van der Waals surface area (Å²) in [6.45, 7) is 3.35. The molecule has 34 nitrogen and oxygen atoms in total. The Kier molecular flexibility index (Phi) is 27.1. The summed E-state index contributed by atoms with van der Waals surface area (Å²) in [5, 5.41) is 38.8. The van der Waals surface area contributed by atoms with E-state index in [9.17, 15) is 91.4 Å². The van der Waals surface area contributed by atoms with E-state index in [-0.39, 0.29) is 69.2 Å². The predicted molar refractivity (Wildman–Crippen MR) is 298 cm³/mol. The molecule has 18 N–H and O–H groups in total. The molecule has 0 unspecified atom stereocenters. The second-order valence-electron chi connectivity index (χ2n) is 21.5. The van der Waals surface area contributed by atoms with Gasteiger partial charge in [-0.15, -0.1) is 0 Å². The van der Waals surface area contributed by atoms with Crippen molar-refractivity contribution in [1.82, 2.24) is 52.3 Å². The van der Waals surface area contributed by atoms with E-state index in [2.05, 4.69) is 47.1 Å². The van der Waals surface area contributed by atoms with Crippen molar-refractivity contribution in [2.45, 2.75) is 171 Å². The number of benzene rings is 1. The van der Waals surface area contributed by atoms with Gasteiger partial charge < -0.3 is 89.1 Å². The summed E-state index contributed by atoms with van der Waals surface area (Å²) in [5.74, 6) is -15.6. The van der Waals surface area contributed by atoms with Gasteiger partial charge >= 0.3 is 19.8 Å². The number of carbonyl (C=O) groups is 15. The van der Waals surface area contributed by atoms with Gasteiger partial charge in [0.05, 0.1) is 24.9 Å². The maximum atomic E-state index is 14.6. The number of nitrogens with one attached hydrogen (secondary N) is 8. The molecule has 1 aromatic rings. The molecule has 0 bridgehead atoms. The van der Waals surface area contributed by atoms with E-state index in [0.717, 1.165) is 21.9 Å². The van der Waals surface area contributed by atoms with E-state index < -0.39 is 202 Å². The van der Waals surface area contributed by atoms with Gasteiger partial charge in [0, 0.05) is 38.8 Å². The summed E-state index contributed by atoms with van der Waals surface area (Å²) in [5.41, 5.74) is 16.4. The molecule has 4 rings (SSSR count). The molecule has 3 heterocycles. The Morgan fingerprint density at radius 3 is 1.57 bits per heavy atom. The fourth-order valence-corrected chi connectivity index (χ4v) is 10.4. The van der Waals surface area contributed by atoms with Crippen molar-refractivity contribution < 1.29 is 101 Å². The van der Waals surface area contributed by atoms with E-state index in [4.69, 9.17) is 22.3 Å². The van der Waals surface area contributed by atoms with Crippen molar-refractivity contribution in [3.05, 3.63) is 29.8 Å². The number of hydrogen-bond donors (Lipinski definition) is 15. The zero-order valence-corrected chi connectivity index (χ0v) is 48.7. The standard InChI is InChI=1S/C52H76N13O21P/c1-26(2)43(50(80)62-35(24-40(55)69)46(76)60-33(14-17-39(54)68)52(82)64-20-4-7-36(64)48(78)57-28(25-66)23-42(72)73)63-47(77)34(22-27-9-11-29(12-10-27)86-87(83,84)85)61-45(75)31(15-18-41(70)71)58-49(79)37-8-5-21-65(37)51(81)32(13-16-38(53)67)59-44(74)30-6-3-19-56-30/h9-12,25-26,28,30-37,43,56H,3-8,13-24H2,1-2H3,(H2,53,67)(H2,54,68)(H2,55,69)(H,57,78)(H,58,79)(H,59,74)(H,60,76)(H,61,75)(H,62,80)(H,63,77)(H,70,71)(H,72,73)(H2,83,84,85)/t28-,30-,31-,32-,33-,34-,35-,36-,37-,43-/m0/s1. The molecule has 12 amide bonds. The number of nitrogens with two attached hydrogens (primary N) is 3. The molecule has 3 aliphatic rings. The van der Waals surface area contributed by atoms with E-state index in [1.54, 1.807) is 0 Å². The first-order chi connectivity index (χ1) is 40.9. The molecule has 480 valence electrons. The number of primary amides is 3. The summed E-state index contributed by atoms with van der Waals surface area (Å²) >= 11 is 0. The molecule has 35 heteroatoms. The Labute approximate surface area is 497 Å². The number of phosphoric ester groups is 1. The van der Waals surface area contributed by atoms with E-state index in [1.165, 1.54) is 26.0 Å². The molecule has 0 spiro atoms. The molecule has 1 aromatic carbocycles. The second kappa shape index (κ2) is 33.3. The summed E-state index contributed by atoms with van der Waals surface area (Å²) in [6.07, 6.45) is -3.11. The van der Waals surface area contributed by atoms with Crippen LogP contribution in [-0.4, -0.2) is 199 Å². The van der Waals surface area contributed by atoms with Crippen LogP contribution in [0, 0.1) is 5.92 Å². The number of aliphatic carboxylic acids is 2. The minimum Gasteiger partial charge on any atom is -0.481 e. The van der Waals surface area contributed by atoms with Gasteiger partial charge in [0.25, 0.3) is 0 Å². The topological polar surface area (TPSA) is 544 Å². The second-order valence-corrected chi connectivity index (χ2v) is 22.6. The molecule has 3 fully saturated rings. The first-order valence-corrected chi connectivity index (χ1v) is 29.5. The lowest BCUT2D eigenvalue weighted by molar-refractivity contribution is -0.143. The van der Waals surface area contributed by atoms with Crippen LogP contribution in [-0.2, 0) is 82.9 Å². The van der Waals surface area contributed by atoms with Gasteiger partial charge in [-0.3, -0.25) is 76.9 Å². The number of aldehydes is 1. The number of carboxylic acid groups (broad SMARTS) is 2. The van der Waals surface area contributed by atoms with Crippen molar-refractivity contribution in [1.29, 1.82) is 0 Å². The Balaban J connectivity index is 1.62. The van der Waals surface area contributed by atoms with Crippen molar-refractivity contribution in [3.63, 3.8) is 0 Å². The SMILES string of the molecule is CC(C)[C@H](NC(=O)[C@H](Cc1ccc(OP(=O)(O)O)cc1)NC(=O)[C@H](CCC(=O)O)NC(=O)[C@@H]1CCCN1C(=O)[C@H](CCC(N)=O)NC(=O)[C@@H]1CCCN1)C(=O)N[C@@H](CC(N)=O)C(=O)N[C@@H](CCC(N)=O)C(=O)N1CCC[C@H]1C(=O)N[C@H](C=O)CC(=O)O. The minimum absolute atomic E-state index is 0.00490. The van der Waals surface area contributed by atoms with Crippen molar-refractivity contribution in [2.24, 2.45) is 23.1 Å². The molecule has 0 saturated carbocycles. The van der Waals surface area contributed by atoms with Gasteiger partial charge in [-0.25, -0.2) is 4.57 Å². The number of rotatable bonds is 35. The highest BCUT2D eigenvalue weighted by Gasteiger charge is 2.42. The third-order valence-corrected chi connectivity index (χ3v) is 14.8. The van der Waals surface area contributed by atoms with Crippen LogP contribution in [0.2, 0.25) is 0 Å². The maximum Gasteiger partial charge on any atom is 0.524 e. The molecular formula is C52H76N13O21P. The van der Waals surface area contributed by atoms with Crippen LogP contribution < -0.4 is 64.3 Å². The number of carboxylic acids is 2. The number of hydrogen-bond acceptors (Lipinski definition) is 18. The third-order valence-electron chi connectivity index (χ3n) is 14.3. The molecule has 87 heavy (non-hydrogen) atoms. The fraction of sp³-hybridized carbons (Fsp3) is 0.596. The van der Waals surface area contributed by atoms with Gasteiger partial charge in [-0.05, 0) is 87.9 Å². The van der Waals surface area contributed by atoms with Crippen LogP contribution in [0.4, 0.5) is 0 Å². The molecule has 3 aliphatic heterocycles. The molecular weight excluding hydrogens is 1170 g/mol. The van der Waals surface area contributed by atoms with Crippen molar-refractivity contribution in [2.75, 3.05) is 19.6 Å². The quantitative estimate of drug-likeness (QED) is 0.0223. The summed E-state index contributed by atoms with van der Waals surface area (Å²) in [4.78, 5) is 218. The zero-order chi connectivity index (χ0) is 64.9. The van der Waals surface area contributed by atoms with Crippen LogP contribution in [0.25, 0.3) is 0 Å². The van der Waals surface area contributed by atoms with Gasteiger partial charge in [0.1, 0.15) is 60.4 Å². The largest absolute Gasteiger partial charge is 0.524 e. The number of phosphoric acid groups is 1. The Morgan fingerprint density at radius 1 is 0.598 bits per heavy atom. The van der Waals surface area contributed by atoms with Gasteiger partial charge in [0.15, 0.2) is 0 Å². The van der Waals surface area contributed by atoms with Crippen LogP contribution in [0.3, 0.4) is 0 Å². The Morgan fingerprint density at radius 2 is 1.09 bits per heavy atom. The minimum atomic E-state index is -5.05. The highest BCUT2D eigenvalue weighted by molar-refractivity contribution is 7.46. The molecule has 0 aliphatic carbocycles. The third kappa shape index (κ3) is 23.0. The van der Waals surface area contributed by atoms with Crippen LogP contribution >= 0.6 is 7.82 Å². The number of nitrogens with zero attached hydrogens (tertiary/aromatic N) is 2. The smallest absolute Gasteiger partial charge is 0.481 e. The number of likely N-dealkylation sites (tertiary alicyclic amines) is 2. The average molecular weight is 1250 g/mol. The maximum absolute atomic E-state index is 14.6. The first-order valence-electron chi connectivity index (χ1n) is 27.9. The van der Waals surface area contributed by atoms with Gasteiger partial charge in [-0.2, -0.15) is 0 Å². The van der Waals surface area contributed by atoms with E-state index in [1.807, 2.05) is 0 Å².